The van der Waals surface area contributed by atoms with E-state index in [1.165, 1.54) is 4.90 Å². The number of carbonyl (C=O) groups is 2. The lowest BCUT2D eigenvalue weighted by Crippen LogP contribution is -2.44. The van der Waals surface area contributed by atoms with Crippen LogP contribution >= 0.6 is 0 Å². The number of nitrogen functional groups attached to an aromatic ring is 1. The molecule has 1 unspecified atom stereocenters. The number of nitrogens with two attached hydrogens (primary N) is 1. The van der Waals surface area contributed by atoms with E-state index in [0.29, 0.717) is 18.5 Å². The Kier molecular flexibility index (Phi) is 4.42. The molecule has 1 aliphatic heterocycles. The molecule has 1 heterocycles. The predicted molar refractivity (Wildman–Crippen MR) is 89.8 cm³/mol. The summed E-state index contributed by atoms with van der Waals surface area (Å²) in [7, 11) is 0. The van der Waals surface area contributed by atoms with E-state index < -0.39 is 17.1 Å². The SMILES string of the molecule is CC(C)(C)OC(=O)N1C(=O)C(C)(C)CC1Cc1ccc(N)cc1. The molecule has 1 aliphatic rings. The molecule has 0 radical (unpaired) electrons. The number of ether oxygens (including phenoxy) is 1. The fourth-order valence-corrected chi connectivity index (χ4v) is 2.89. The maximum atomic E-state index is 12.6. The van der Waals surface area contributed by atoms with Crippen LogP contribution in [0.25, 0.3) is 0 Å². The maximum Gasteiger partial charge on any atom is 0.417 e. The van der Waals surface area contributed by atoms with Crippen LogP contribution in [0.5, 0.6) is 0 Å². The first-order valence-electron chi connectivity index (χ1n) is 7.91. The van der Waals surface area contributed by atoms with Crippen molar-refractivity contribution in [3.8, 4) is 0 Å². The summed E-state index contributed by atoms with van der Waals surface area (Å²) < 4.78 is 5.42. The van der Waals surface area contributed by atoms with Gasteiger partial charge in [0.1, 0.15) is 5.60 Å². The average molecular weight is 318 g/mol. The van der Waals surface area contributed by atoms with Crippen LogP contribution in [-0.4, -0.2) is 28.5 Å². The largest absolute Gasteiger partial charge is 0.443 e. The molecule has 1 fully saturated rings. The summed E-state index contributed by atoms with van der Waals surface area (Å²) in [6, 6.07) is 7.32. The number of nitrogens with zero attached hydrogens (tertiary/aromatic N) is 1. The summed E-state index contributed by atoms with van der Waals surface area (Å²) in [6.45, 7) is 9.13. The van der Waals surface area contributed by atoms with E-state index in [2.05, 4.69) is 0 Å². The molecule has 0 saturated carbocycles. The Morgan fingerprint density at radius 3 is 2.39 bits per heavy atom. The molecular weight excluding hydrogens is 292 g/mol. The lowest BCUT2D eigenvalue weighted by Gasteiger charge is -2.27. The minimum atomic E-state index is -0.629. The quantitative estimate of drug-likeness (QED) is 0.849. The highest BCUT2D eigenvalue weighted by molar-refractivity contribution is 5.97. The predicted octanol–water partition coefficient (Wildman–Crippen LogP) is 3.37. The van der Waals surface area contributed by atoms with Crippen molar-refractivity contribution in [2.45, 2.75) is 59.1 Å². The lowest BCUT2D eigenvalue weighted by atomic mass is 9.88. The van der Waals surface area contributed by atoms with Crippen LogP contribution in [0.15, 0.2) is 24.3 Å². The first kappa shape index (κ1) is 17.3. The number of rotatable bonds is 2. The van der Waals surface area contributed by atoms with Crippen molar-refractivity contribution in [3.63, 3.8) is 0 Å². The third kappa shape index (κ3) is 4.03. The number of imide groups is 1. The van der Waals surface area contributed by atoms with Crippen molar-refractivity contribution in [3.05, 3.63) is 29.8 Å². The molecular formula is C18H26N2O3. The van der Waals surface area contributed by atoms with E-state index in [1.807, 2.05) is 38.1 Å². The fourth-order valence-electron chi connectivity index (χ4n) is 2.89. The van der Waals surface area contributed by atoms with Crippen LogP contribution < -0.4 is 5.73 Å². The van der Waals surface area contributed by atoms with E-state index in [4.69, 9.17) is 10.5 Å². The summed E-state index contributed by atoms with van der Waals surface area (Å²) >= 11 is 0. The van der Waals surface area contributed by atoms with Gasteiger partial charge in [-0.15, -0.1) is 0 Å². The van der Waals surface area contributed by atoms with Gasteiger partial charge in [-0.05, 0) is 51.3 Å². The van der Waals surface area contributed by atoms with Crippen molar-refractivity contribution >= 4 is 17.7 Å². The van der Waals surface area contributed by atoms with Crippen molar-refractivity contribution < 1.29 is 14.3 Å². The molecule has 5 nitrogen and oxygen atoms in total. The highest BCUT2D eigenvalue weighted by atomic mass is 16.6. The highest BCUT2D eigenvalue weighted by Gasteiger charge is 2.49. The molecule has 1 aromatic rings. The molecule has 126 valence electrons. The van der Waals surface area contributed by atoms with Gasteiger partial charge in [-0.25, -0.2) is 9.69 Å². The Morgan fingerprint density at radius 2 is 1.87 bits per heavy atom. The Hall–Kier alpha value is -2.04. The summed E-state index contributed by atoms with van der Waals surface area (Å²) in [6.07, 6.45) is 0.665. The van der Waals surface area contributed by atoms with Crippen molar-refractivity contribution in [1.82, 2.24) is 4.90 Å². The lowest BCUT2D eigenvalue weighted by molar-refractivity contribution is -0.134. The molecule has 2 amide bonds. The molecule has 1 atom stereocenters. The van der Waals surface area contributed by atoms with Gasteiger partial charge in [-0.1, -0.05) is 26.0 Å². The van der Waals surface area contributed by atoms with Gasteiger partial charge in [0.2, 0.25) is 5.91 Å². The molecule has 5 heteroatoms. The van der Waals surface area contributed by atoms with Gasteiger partial charge in [-0.3, -0.25) is 4.79 Å². The summed E-state index contributed by atoms with van der Waals surface area (Å²) in [5.74, 6) is -0.174. The standard InChI is InChI=1S/C18H26N2O3/c1-17(2,3)23-16(22)20-14(11-18(4,5)15(20)21)10-12-6-8-13(19)9-7-12/h6-9,14H,10-11,19H2,1-5H3. The smallest absolute Gasteiger partial charge is 0.417 e. The van der Waals surface area contributed by atoms with Gasteiger partial charge in [0.25, 0.3) is 0 Å². The van der Waals surface area contributed by atoms with Crippen LogP contribution in [-0.2, 0) is 16.0 Å². The third-order valence-corrected chi connectivity index (χ3v) is 3.95. The zero-order chi connectivity index (χ0) is 17.4. The molecule has 1 saturated heterocycles. The van der Waals surface area contributed by atoms with Crippen LogP contribution in [0.2, 0.25) is 0 Å². The molecule has 0 aliphatic carbocycles. The molecule has 2 rings (SSSR count). The Labute approximate surface area is 137 Å². The summed E-state index contributed by atoms with van der Waals surface area (Å²) in [5, 5.41) is 0. The second-order valence-corrected chi connectivity index (χ2v) is 7.84. The van der Waals surface area contributed by atoms with Gasteiger partial charge in [-0.2, -0.15) is 0 Å². The van der Waals surface area contributed by atoms with Crippen molar-refractivity contribution in [2.75, 3.05) is 5.73 Å². The zero-order valence-electron chi connectivity index (χ0n) is 14.6. The van der Waals surface area contributed by atoms with E-state index in [9.17, 15) is 9.59 Å². The zero-order valence-corrected chi connectivity index (χ0v) is 14.6. The number of carbonyl (C=O) groups excluding carboxylic acids is 2. The van der Waals surface area contributed by atoms with Gasteiger partial charge in [0.15, 0.2) is 0 Å². The summed E-state index contributed by atoms with van der Waals surface area (Å²) in [5.41, 5.74) is 6.26. The number of anilines is 1. The minimum Gasteiger partial charge on any atom is -0.443 e. The molecule has 0 aromatic heterocycles. The number of likely N-dealkylation sites (tertiary alicyclic amines) is 1. The number of hydrogen-bond donors (Lipinski definition) is 1. The van der Waals surface area contributed by atoms with Crippen LogP contribution in [0.3, 0.4) is 0 Å². The van der Waals surface area contributed by atoms with Gasteiger partial charge in [0, 0.05) is 17.1 Å². The fraction of sp³-hybridized carbons (Fsp3) is 0.556. The summed E-state index contributed by atoms with van der Waals surface area (Å²) in [4.78, 5) is 26.4. The van der Waals surface area contributed by atoms with E-state index in [1.54, 1.807) is 20.8 Å². The van der Waals surface area contributed by atoms with Gasteiger partial charge in [0.05, 0.1) is 0 Å². The van der Waals surface area contributed by atoms with Gasteiger partial charge >= 0.3 is 6.09 Å². The Bertz CT molecular complexity index is 600. The molecule has 0 bridgehead atoms. The topological polar surface area (TPSA) is 72.6 Å². The van der Waals surface area contributed by atoms with E-state index >= 15 is 0 Å². The first-order chi connectivity index (χ1) is 10.5. The second-order valence-electron chi connectivity index (χ2n) is 7.84. The molecule has 0 spiro atoms. The van der Waals surface area contributed by atoms with Crippen LogP contribution in [0.4, 0.5) is 10.5 Å². The average Bonchev–Trinajstić information content (AvgIpc) is 2.60. The monoisotopic (exact) mass is 318 g/mol. The maximum absolute atomic E-state index is 12.6. The second kappa shape index (κ2) is 5.87. The third-order valence-electron chi connectivity index (χ3n) is 3.95. The number of hydrogen-bond acceptors (Lipinski definition) is 4. The normalized spacial score (nSPS) is 20.7. The van der Waals surface area contributed by atoms with Crippen LogP contribution in [0, 0.1) is 5.41 Å². The molecule has 23 heavy (non-hydrogen) atoms. The number of amides is 2. The molecule has 1 aromatic carbocycles. The van der Waals surface area contributed by atoms with Crippen LogP contribution in [0.1, 0.15) is 46.6 Å². The van der Waals surface area contributed by atoms with Gasteiger partial charge < -0.3 is 10.5 Å². The number of benzene rings is 1. The highest BCUT2D eigenvalue weighted by Crippen LogP contribution is 2.37. The van der Waals surface area contributed by atoms with E-state index in [0.717, 1.165) is 5.56 Å². The molecule has 2 N–H and O–H groups in total. The van der Waals surface area contributed by atoms with E-state index in [-0.39, 0.29) is 11.9 Å². The first-order valence-corrected chi connectivity index (χ1v) is 7.91. The minimum absolute atomic E-state index is 0.174. The van der Waals surface area contributed by atoms with Crippen molar-refractivity contribution in [2.24, 2.45) is 5.41 Å². The Morgan fingerprint density at radius 1 is 1.30 bits per heavy atom. The Balaban J connectivity index is 2.23. The van der Waals surface area contributed by atoms with Crippen molar-refractivity contribution in [1.29, 1.82) is 0 Å².